The minimum absolute atomic E-state index is 0.0247. The van der Waals surface area contributed by atoms with E-state index in [4.69, 9.17) is 26.3 Å². The first-order valence-corrected chi connectivity index (χ1v) is 13.3. The van der Waals surface area contributed by atoms with Crippen LogP contribution in [0.25, 0.3) is 0 Å². The van der Waals surface area contributed by atoms with Crippen molar-refractivity contribution in [3.63, 3.8) is 0 Å². The van der Waals surface area contributed by atoms with E-state index in [0.29, 0.717) is 16.4 Å². The molecule has 194 valence electrons. The Kier molecular flexibility index (Phi) is 8.19. The number of rotatable bonds is 11. The monoisotopic (exact) mass is 557 g/mol. The third-order valence-corrected chi connectivity index (χ3v) is 6.85. The molecule has 7 N–H and O–H groups in total. The molecule has 1 unspecified atom stereocenters. The van der Waals surface area contributed by atoms with E-state index in [-0.39, 0.29) is 29.0 Å². The van der Waals surface area contributed by atoms with Gasteiger partial charge in [0, 0.05) is 21.6 Å². The highest BCUT2D eigenvalue weighted by Gasteiger charge is 2.58. The number of anilines is 1. The van der Waals surface area contributed by atoms with Crippen LogP contribution in [0.15, 0.2) is 39.7 Å². The van der Waals surface area contributed by atoms with Gasteiger partial charge in [-0.3, -0.25) is 19.6 Å². The van der Waals surface area contributed by atoms with Gasteiger partial charge in [0.15, 0.2) is 10.8 Å². The van der Waals surface area contributed by atoms with Crippen molar-refractivity contribution in [1.82, 2.24) is 15.4 Å². The number of carbonyl (C=O) groups excluding carboxylic acids is 2. The lowest BCUT2D eigenvalue weighted by Crippen LogP contribution is -2.76. The summed E-state index contributed by atoms with van der Waals surface area (Å²) in [6.45, 7) is 2.98. The summed E-state index contributed by atoms with van der Waals surface area (Å²) in [5, 5.41) is 15.9. The Morgan fingerprint density at radius 3 is 2.58 bits per heavy atom. The summed E-state index contributed by atoms with van der Waals surface area (Å²) < 4.78 is 35.1. The van der Waals surface area contributed by atoms with Crippen molar-refractivity contribution in [2.45, 2.75) is 30.3 Å². The normalized spacial score (nSPS) is 17.4. The molecule has 0 saturated carbocycles. The van der Waals surface area contributed by atoms with Gasteiger partial charge in [-0.05, 0) is 26.0 Å². The second kappa shape index (κ2) is 10.8. The van der Waals surface area contributed by atoms with E-state index in [1.165, 1.54) is 31.0 Å². The molecule has 14 nitrogen and oxygen atoms in total. The molecule has 36 heavy (non-hydrogen) atoms. The zero-order valence-electron chi connectivity index (χ0n) is 19.0. The molecule has 2 heterocycles. The van der Waals surface area contributed by atoms with Crippen LogP contribution in [0.5, 0.6) is 0 Å². The number of thiazole rings is 1. The van der Waals surface area contributed by atoms with E-state index in [1.54, 1.807) is 12.1 Å². The van der Waals surface area contributed by atoms with Crippen molar-refractivity contribution in [3.05, 3.63) is 40.9 Å². The van der Waals surface area contributed by atoms with Gasteiger partial charge in [-0.2, -0.15) is 13.5 Å². The number of nitrogens with one attached hydrogen (secondary N) is 2. The van der Waals surface area contributed by atoms with E-state index < -0.39 is 33.8 Å². The van der Waals surface area contributed by atoms with Gasteiger partial charge in [0.25, 0.3) is 11.8 Å². The molecule has 0 bridgehead atoms. The number of nitrogens with two attached hydrogens (primary N) is 2. The first-order valence-electron chi connectivity index (χ1n) is 10.1. The van der Waals surface area contributed by atoms with Crippen molar-refractivity contribution in [3.8, 4) is 0 Å². The number of carbonyl (C=O) groups is 2. The number of nitrogens with zero attached hydrogens (tertiary/aromatic N) is 3. The molecule has 1 aliphatic rings. The van der Waals surface area contributed by atoms with Crippen LogP contribution in [0.2, 0.25) is 0 Å². The third-order valence-electron chi connectivity index (χ3n) is 4.87. The molecule has 3 rings (SSSR count). The number of amidine groups is 1. The molecule has 0 radical (unpaired) electrons. The minimum Gasteiger partial charge on any atom is -0.394 e. The summed E-state index contributed by atoms with van der Waals surface area (Å²) in [6.07, 6.45) is 0. The first kappa shape index (κ1) is 27.3. The topological polar surface area (TPSA) is 223 Å². The predicted octanol–water partition coefficient (Wildman–Crippen LogP) is 0.362. The van der Waals surface area contributed by atoms with Gasteiger partial charge in [-0.1, -0.05) is 17.3 Å². The Hall–Kier alpha value is -3.25. The Morgan fingerprint density at radius 1 is 1.39 bits per heavy atom. The van der Waals surface area contributed by atoms with Gasteiger partial charge < -0.3 is 21.6 Å². The molecule has 0 aliphatic carbocycles. The average molecular weight is 558 g/mol. The van der Waals surface area contributed by atoms with E-state index in [2.05, 4.69) is 19.7 Å². The van der Waals surface area contributed by atoms with Gasteiger partial charge in [0.05, 0.1) is 5.54 Å². The second-order valence-corrected chi connectivity index (χ2v) is 10.9. The number of nitrogen functional groups attached to an aromatic ring is 2. The van der Waals surface area contributed by atoms with Gasteiger partial charge in [-0.15, -0.1) is 27.4 Å². The second-order valence-electron chi connectivity index (χ2n) is 7.83. The number of aromatic nitrogens is 1. The highest BCUT2D eigenvalue weighted by molar-refractivity contribution is 7.99. The number of amides is 2. The fourth-order valence-electron chi connectivity index (χ4n) is 3.06. The Bertz CT molecular complexity index is 1290. The zero-order chi connectivity index (χ0) is 26.7. The highest BCUT2D eigenvalue weighted by Crippen LogP contribution is 2.33. The molecular weight excluding hydrogens is 534 g/mol. The summed E-state index contributed by atoms with van der Waals surface area (Å²) in [6, 6.07) is 5.90. The third kappa shape index (κ3) is 6.49. The molecule has 17 heteroatoms. The maximum atomic E-state index is 12.9. The Labute approximate surface area is 214 Å². The first-order chi connectivity index (χ1) is 16.8. The van der Waals surface area contributed by atoms with Crippen LogP contribution < -0.4 is 16.8 Å². The molecule has 0 spiro atoms. The number of hydrogen-bond donors (Lipinski definition) is 5. The number of benzene rings is 1. The van der Waals surface area contributed by atoms with Crippen LogP contribution in [-0.2, 0) is 29.1 Å². The lowest BCUT2D eigenvalue weighted by atomic mass is 9.84. The van der Waals surface area contributed by atoms with Gasteiger partial charge >= 0.3 is 10.4 Å². The molecule has 1 aromatic heterocycles. The van der Waals surface area contributed by atoms with Gasteiger partial charge in [-0.25, -0.2) is 4.98 Å². The van der Waals surface area contributed by atoms with Crippen molar-refractivity contribution in [1.29, 1.82) is 5.41 Å². The quantitative estimate of drug-likeness (QED) is 0.0482. The number of thioether (sulfide) groups is 1. The number of hydroxylamine groups is 2. The molecular formula is C19H23N7O7S3. The van der Waals surface area contributed by atoms with Crippen molar-refractivity contribution in [2.24, 2.45) is 10.9 Å². The number of hydrogen-bond acceptors (Lipinski definition) is 12. The largest absolute Gasteiger partial charge is 0.418 e. The standard InChI is InChI=1S/C19H23N7O7S3/c1-19(2)14(17(28)26(19)33-36(29,30)31)24-16(27)13(12-9-35-18(22)23-12)25-32-7-8-34-11-5-3-10(4-6-11)15(20)21/h3-6,9,14H,7-8H2,1-2H3,(H3,20,21)(H2,22,23)(H,24,27)(H,29,30,31). The summed E-state index contributed by atoms with van der Waals surface area (Å²) in [5.74, 6) is -1.25. The highest BCUT2D eigenvalue weighted by atomic mass is 32.3. The van der Waals surface area contributed by atoms with Crippen LogP contribution in [0, 0.1) is 5.41 Å². The van der Waals surface area contributed by atoms with Crippen molar-refractivity contribution >= 4 is 62.0 Å². The van der Waals surface area contributed by atoms with E-state index in [1.807, 2.05) is 12.1 Å². The number of oxime groups is 1. The van der Waals surface area contributed by atoms with Crippen molar-refractivity contribution < 1.29 is 31.7 Å². The maximum Gasteiger partial charge on any atom is 0.418 e. The van der Waals surface area contributed by atoms with E-state index in [0.717, 1.165) is 16.2 Å². The summed E-state index contributed by atoms with van der Waals surface area (Å²) in [5.41, 5.74) is 10.3. The fourth-order valence-corrected chi connectivity index (χ4v) is 4.78. The lowest BCUT2D eigenvalue weighted by molar-refractivity contribution is -0.218. The van der Waals surface area contributed by atoms with E-state index in [9.17, 15) is 18.0 Å². The smallest absolute Gasteiger partial charge is 0.394 e. The van der Waals surface area contributed by atoms with Crippen LogP contribution >= 0.6 is 23.1 Å². The van der Waals surface area contributed by atoms with E-state index >= 15 is 0 Å². The maximum absolute atomic E-state index is 12.9. The molecule has 1 aromatic carbocycles. The number of β-lactam (4-membered cyclic amide) rings is 1. The lowest BCUT2D eigenvalue weighted by Gasteiger charge is -2.50. The fraction of sp³-hybridized carbons (Fsp3) is 0.316. The zero-order valence-corrected chi connectivity index (χ0v) is 21.4. The SMILES string of the molecule is CC1(C)C(NC(=O)C(=NOCCSc2ccc(C(=N)N)cc2)c2csc(N)n2)C(=O)N1OS(=O)(=O)O. The molecule has 1 saturated heterocycles. The summed E-state index contributed by atoms with van der Waals surface area (Å²) >= 11 is 2.53. The van der Waals surface area contributed by atoms with Crippen LogP contribution in [0.3, 0.4) is 0 Å². The van der Waals surface area contributed by atoms with Crippen LogP contribution in [0.1, 0.15) is 25.1 Å². The molecule has 1 aliphatic heterocycles. The molecule has 1 atom stereocenters. The summed E-state index contributed by atoms with van der Waals surface area (Å²) in [7, 11) is -4.93. The molecule has 2 aromatic rings. The van der Waals surface area contributed by atoms with Gasteiger partial charge in [0.1, 0.15) is 24.2 Å². The van der Waals surface area contributed by atoms with Crippen molar-refractivity contribution in [2.75, 3.05) is 18.1 Å². The van der Waals surface area contributed by atoms with Crippen LogP contribution in [0.4, 0.5) is 5.13 Å². The Balaban J connectivity index is 1.64. The predicted molar refractivity (Wildman–Crippen MR) is 133 cm³/mol. The Morgan fingerprint density at radius 2 is 2.06 bits per heavy atom. The molecule has 2 amide bonds. The van der Waals surface area contributed by atoms with Crippen LogP contribution in [-0.4, -0.2) is 70.3 Å². The minimum atomic E-state index is -4.93. The average Bonchev–Trinajstić information content (AvgIpc) is 3.23. The summed E-state index contributed by atoms with van der Waals surface area (Å²) in [4.78, 5) is 35.5. The van der Waals surface area contributed by atoms with Gasteiger partial charge in [0.2, 0.25) is 0 Å². The molecule has 1 fully saturated rings.